The topological polar surface area (TPSA) is 13.1 Å². The van der Waals surface area contributed by atoms with E-state index < -0.39 is 6.43 Å². The van der Waals surface area contributed by atoms with Crippen molar-refractivity contribution in [3.8, 4) is 12.3 Å². The van der Waals surface area contributed by atoms with E-state index in [1.165, 1.54) is 6.07 Å². The van der Waals surface area contributed by atoms with Gasteiger partial charge in [-0.1, -0.05) is 5.92 Å². The SMILES string of the molecule is C#CCc1cc(C(F)F)co1. The van der Waals surface area contributed by atoms with Crippen molar-refractivity contribution in [3.05, 3.63) is 23.7 Å². The first-order valence-corrected chi connectivity index (χ1v) is 3.03. The Bertz CT molecular complexity index is 270. The summed E-state index contributed by atoms with van der Waals surface area (Å²) in [6.07, 6.45) is 3.75. The second kappa shape index (κ2) is 3.20. The van der Waals surface area contributed by atoms with Gasteiger partial charge in [-0.2, -0.15) is 0 Å². The number of rotatable bonds is 2. The van der Waals surface area contributed by atoms with Crippen LogP contribution in [-0.2, 0) is 6.42 Å². The first-order valence-electron chi connectivity index (χ1n) is 3.03. The van der Waals surface area contributed by atoms with Crippen molar-refractivity contribution in [1.82, 2.24) is 0 Å². The molecule has 0 unspecified atom stereocenters. The maximum absolute atomic E-state index is 11.9. The smallest absolute Gasteiger partial charge is 0.266 e. The molecular weight excluding hydrogens is 150 g/mol. The predicted molar refractivity (Wildman–Crippen MR) is 36.2 cm³/mol. The first-order chi connectivity index (χ1) is 5.24. The summed E-state index contributed by atoms with van der Waals surface area (Å²) in [4.78, 5) is 0. The highest BCUT2D eigenvalue weighted by atomic mass is 19.3. The van der Waals surface area contributed by atoms with Gasteiger partial charge in [-0.3, -0.25) is 0 Å². The molecule has 0 aromatic carbocycles. The molecule has 0 atom stereocenters. The second-order valence-electron chi connectivity index (χ2n) is 2.03. The summed E-state index contributed by atoms with van der Waals surface area (Å²) in [7, 11) is 0. The van der Waals surface area contributed by atoms with E-state index >= 15 is 0 Å². The monoisotopic (exact) mass is 156 g/mol. The summed E-state index contributed by atoms with van der Waals surface area (Å²) >= 11 is 0. The number of halogens is 2. The van der Waals surface area contributed by atoms with E-state index in [-0.39, 0.29) is 12.0 Å². The zero-order valence-corrected chi connectivity index (χ0v) is 5.68. The molecule has 0 radical (unpaired) electrons. The lowest BCUT2D eigenvalue weighted by Crippen LogP contribution is -1.77. The minimum Gasteiger partial charge on any atom is -0.468 e. The molecule has 0 N–H and O–H groups in total. The van der Waals surface area contributed by atoms with Gasteiger partial charge in [-0.05, 0) is 6.07 Å². The highest BCUT2D eigenvalue weighted by molar-refractivity contribution is 5.16. The van der Waals surface area contributed by atoms with E-state index in [1.807, 2.05) is 0 Å². The molecule has 0 saturated carbocycles. The number of hydrogen-bond acceptors (Lipinski definition) is 1. The minimum absolute atomic E-state index is 0.116. The Morgan fingerprint density at radius 1 is 1.64 bits per heavy atom. The van der Waals surface area contributed by atoms with E-state index in [0.717, 1.165) is 6.26 Å². The molecule has 1 aromatic heterocycles. The van der Waals surface area contributed by atoms with Crippen LogP contribution in [-0.4, -0.2) is 0 Å². The third kappa shape index (κ3) is 1.81. The molecule has 0 bridgehead atoms. The van der Waals surface area contributed by atoms with Crippen molar-refractivity contribution in [2.45, 2.75) is 12.8 Å². The molecule has 0 aliphatic rings. The van der Waals surface area contributed by atoms with E-state index in [9.17, 15) is 8.78 Å². The van der Waals surface area contributed by atoms with Gasteiger partial charge in [0, 0.05) is 0 Å². The van der Waals surface area contributed by atoms with Gasteiger partial charge < -0.3 is 4.42 Å². The summed E-state index contributed by atoms with van der Waals surface area (Å²) in [5.74, 6) is 2.70. The van der Waals surface area contributed by atoms with Crippen molar-refractivity contribution in [2.75, 3.05) is 0 Å². The number of hydrogen-bond donors (Lipinski definition) is 0. The largest absolute Gasteiger partial charge is 0.468 e. The third-order valence-electron chi connectivity index (χ3n) is 1.20. The van der Waals surface area contributed by atoms with Crippen molar-refractivity contribution >= 4 is 0 Å². The van der Waals surface area contributed by atoms with Gasteiger partial charge in [0.25, 0.3) is 6.43 Å². The van der Waals surface area contributed by atoms with Crippen LogP contribution in [0.4, 0.5) is 8.78 Å². The molecule has 0 aliphatic heterocycles. The Kier molecular flexibility index (Phi) is 2.27. The van der Waals surface area contributed by atoms with Crippen LogP contribution in [0.5, 0.6) is 0 Å². The quantitative estimate of drug-likeness (QED) is 0.599. The summed E-state index contributed by atoms with van der Waals surface area (Å²) in [5, 5.41) is 0. The molecule has 0 fully saturated rings. The van der Waals surface area contributed by atoms with Gasteiger partial charge in [-0.25, -0.2) is 8.78 Å². The lowest BCUT2D eigenvalue weighted by molar-refractivity contribution is 0.150. The van der Waals surface area contributed by atoms with Gasteiger partial charge in [0.05, 0.1) is 18.2 Å². The predicted octanol–water partition coefficient (Wildman–Crippen LogP) is 2.39. The molecule has 0 aliphatic carbocycles. The molecule has 0 spiro atoms. The molecular formula is C8H6F2O. The number of terminal acetylenes is 1. The van der Waals surface area contributed by atoms with Crippen LogP contribution in [0.1, 0.15) is 17.7 Å². The van der Waals surface area contributed by atoms with Crippen LogP contribution in [0.15, 0.2) is 16.7 Å². The van der Waals surface area contributed by atoms with Crippen LogP contribution in [0, 0.1) is 12.3 Å². The fourth-order valence-electron chi connectivity index (χ4n) is 0.705. The van der Waals surface area contributed by atoms with Crippen LogP contribution in [0.25, 0.3) is 0 Å². The summed E-state index contributed by atoms with van der Waals surface area (Å²) in [6.45, 7) is 0. The fourth-order valence-corrected chi connectivity index (χ4v) is 0.705. The van der Waals surface area contributed by atoms with Gasteiger partial charge in [-0.15, -0.1) is 6.42 Å². The lowest BCUT2D eigenvalue weighted by atomic mass is 10.3. The number of alkyl halides is 2. The van der Waals surface area contributed by atoms with Crippen LogP contribution >= 0.6 is 0 Å². The average molecular weight is 156 g/mol. The highest BCUT2D eigenvalue weighted by Gasteiger charge is 2.09. The fraction of sp³-hybridized carbons (Fsp3) is 0.250. The van der Waals surface area contributed by atoms with Gasteiger partial charge in [0.1, 0.15) is 5.76 Å². The van der Waals surface area contributed by atoms with Crippen molar-refractivity contribution in [3.63, 3.8) is 0 Å². The molecule has 1 rings (SSSR count). The first kappa shape index (κ1) is 7.80. The maximum atomic E-state index is 11.9. The van der Waals surface area contributed by atoms with Gasteiger partial charge in [0.2, 0.25) is 0 Å². The van der Waals surface area contributed by atoms with Crippen LogP contribution < -0.4 is 0 Å². The van der Waals surface area contributed by atoms with Crippen molar-refractivity contribution in [1.29, 1.82) is 0 Å². The van der Waals surface area contributed by atoms with E-state index in [2.05, 4.69) is 5.92 Å². The summed E-state index contributed by atoms with van der Waals surface area (Å²) < 4.78 is 28.6. The molecule has 1 aromatic rings. The molecule has 1 nitrogen and oxygen atoms in total. The molecule has 1 heterocycles. The molecule has 0 amide bonds. The van der Waals surface area contributed by atoms with Crippen LogP contribution in [0.3, 0.4) is 0 Å². The number of furan rings is 1. The van der Waals surface area contributed by atoms with Gasteiger partial charge >= 0.3 is 0 Å². The van der Waals surface area contributed by atoms with Crippen LogP contribution in [0.2, 0.25) is 0 Å². The standard InChI is InChI=1S/C8H6F2O/c1-2-3-7-4-6(5-11-7)8(9)10/h1,4-5,8H,3H2. The molecule has 58 valence electrons. The van der Waals surface area contributed by atoms with E-state index in [1.54, 1.807) is 0 Å². The third-order valence-corrected chi connectivity index (χ3v) is 1.20. The van der Waals surface area contributed by atoms with E-state index in [4.69, 9.17) is 10.8 Å². The summed E-state index contributed by atoms with van der Waals surface area (Å²) in [5.41, 5.74) is -0.116. The Hall–Kier alpha value is -1.30. The molecule has 0 saturated heterocycles. The Morgan fingerprint density at radius 3 is 2.82 bits per heavy atom. The summed E-state index contributed by atoms with van der Waals surface area (Å²) in [6, 6.07) is 1.27. The maximum Gasteiger partial charge on any atom is 0.266 e. The second-order valence-corrected chi connectivity index (χ2v) is 2.03. The normalized spacial score (nSPS) is 10.0. The van der Waals surface area contributed by atoms with E-state index in [0.29, 0.717) is 5.76 Å². The molecule has 3 heteroatoms. The van der Waals surface area contributed by atoms with Crippen molar-refractivity contribution < 1.29 is 13.2 Å². The zero-order chi connectivity index (χ0) is 8.27. The zero-order valence-electron chi connectivity index (χ0n) is 5.68. The Balaban J connectivity index is 2.75. The van der Waals surface area contributed by atoms with Crippen molar-refractivity contribution in [2.24, 2.45) is 0 Å². The Labute approximate surface area is 63.0 Å². The highest BCUT2D eigenvalue weighted by Crippen LogP contribution is 2.20. The van der Waals surface area contributed by atoms with Gasteiger partial charge in [0.15, 0.2) is 0 Å². The Morgan fingerprint density at radius 2 is 2.36 bits per heavy atom. The minimum atomic E-state index is -2.48. The molecule has 11 heavy (non-hydrogen) atoms. The average Bonchev–Trinajstić information content (AvgIpc) is 2.37. The lowest BCUT2D eigenvalue weighted by Gasteiger charge is -1.87.